The molecule has 0 N–H and O–H groups in total. The van der Waals surface area contributed by atoms with Crippen LogP contribution in [-0.2, 0) is 16.2 Å². The molecule has 1 aromatic rings. The van der Waals surface area contributed by atoms with Crippen LogP contribution in [0.2, 0.25) is 0 Å². The van der Waals surface area contributed by atoms with Crippen LogP contribution in [0, 0.1) is 5.92 Å². The predicted octanol–water partition coefficient (Wildman–Crippen LogP) is 3.92. The van der Waals surface area contributed by atoms with Gasteiger partial charge in [0, 0.05) is 50.3 Å². The summed E-state index contributed by atoms with van der Waals surface area (Å²) in [7, 11) is 1.68. The SMILES string of the molecule is CON1OC2=CC=CCC2=C1N1CCN2C[C@H](COc3cccc(CN4CCCC4)c3)CC[C@H]2C1. The zero-order valence-electron chi connectivity index (χ0n) is 20.9. The third kappa shape index (κ3) is 4.95. The standard InChI is InChI=1S/C28H38N4O3/c1-33-32-28(26-9-2-3-10-27(26)35-32)31-16-15-30-19-23(11-12-24(30)20-31)21-34-25-8-6-7-22(17-25)18-29-13-4-5-14-29/h2-3,6-8,10,17,23-24H,4-5,9,11-16,18-21H2,1H3/t23-,24+/m1/s1. The lowest BCUT2D eigenvalue weighted by Crippen LogP contribution is -2.57. The van der Waals surface area contributed by atoms with Gasteiger partial charge in [-0.05, 0) is 69.0 Å². The molecule has 0 amide bonds. The van der Waals surface area contributed by atoms with E-state index in [1.54, 1.807) is 12.3 Å². The number of benzene rings is 1. The van der Waals surface area contributed by atoms with Gasteiger partial charge in [-0.25, -0.2) is 4.84 Å². The fourth-order valence-corrected chi connectivity index (χ4v) is 6.24. The number of fused-ring (bicyclic) bond motifs is 2. The number of likely N-dealkylation sites (tertiary alicyclic amines) is 1. The Hall–Kier alpha value is -2.48. The van der Waals surface area contributed by atoms with E-state index < -0.39 is 0 Å². The highest BCUT2D eigenvalue weighted by molar-refractivity contribution is 5.40. The van der Waals surface area contributed by atoms with E-state index in [1.807, 2.05) is 6.08 Å². The summed E-state index contributed by atoms with van der Waals surface area (Å²) in [6, 6.07) is 9.30. The molecular weight excluding hydrogens is 440 g/mol. The first-order valence-electron chi connectivity index (χ1n) is 13.3. The molecule has 2 atom stereocenters. The summed E-state index contributed by atoms with van der Waals surface area (Å²) in [6.45, 7) is 8.50. The lowest BCUT2D eigenvalue weighted by molar-refractivity contribution is -0.310. The summed E-state index contributed by atoms with van der Waals surface area (Å²) >= 11 is 0. The topological polar surface area (TPSA) is 40.7 Å². The van der Waals surface area contributed by atoms with Gasteiger partial charge in [0.05, 0.1) is 13.7 Å². The average Bonchev–Trinajstić information content (AvgIpc) is 3.55. The average molecular weight is 479 g/mol. The first kappa shape index (κ1) is 23.0. The Kier molecular flexibility index (Phi) is 6.72. The molecule has 0 bridgehead atoms. The maximum absolute atomic E-state index is 6.31. The number of hydrogen-bond donors (Lipinski definition) is 0. The second-order valence-electron chi connectivity index (χ2n) is 10.5. The van der Waals surface area contributed by atoms with Crippen molar-refractivity contribution in [3.05, 3.63) is 65.2 Å². The van der Waals surface area contributed by atoms with Crippen molar-refractivity contribution in [1.82, 2.24) is 19.9 Å². The Balaban J connectivity index is 1.02. The molecule has 35 heavy (non-hydrogen) atoms. The molecule has 188 valence electrons. The third-order valence-electron chi connectivity index (χ3n) is 8.09. The van der Waals surface area contributed by atoms with Crippen LogP contribution >= 0.6 is 0 Å². The highest BCUT2D eigenvalue weighted by Crippen LogP contribution is 2.37. The van der Waals surface area contributed by atoms with E-state index in [1.165, 1.54) is 49.9 Å². The van der Waals surface area contributed by atoms with Crippen LogP contribution in [-0.4, -0.2) is 79.0 Å². The van der Waals surface area contributed by atoms with Gasteiger partial charge >= 0.3 is 0 Å². The molecule has 3 fully saturated rings. The van der Waals surface area contributed by atoms with Gasteiger partial charge in [-0.3, -0.25) is 9.80 Å². The number of nitrogens with zero attached hydrogens (tertiary/aromatic N) is 4. The Morgan fingerprint density at radius 3 is 2.86 bits per heavy atom. The van der Waals surface area contributed by atoms with Gasteiger partial charge in [-0.15, -0.1) is 0 Å². The molecular formula is C28H38N4O3. The van der Waals surface area contributed by atoms with Crippen molar-refractivity contribution >= 4 is 0 Å². The lowest BCUT2D eigenvalue weighted by atomic mass is 9.91. The van der Waals surface area contributed by atoms with Gasteiger partial charge < -0.3 is 14.5 Å². The fraction of sp³-hybridized carbons (Fsp3) is 0.571. The molecule has 4 heterocycles. The van der Waals surface area contributed by atoms with Gasteiger partial charge in [0.2, 0.25) is 0 Å². The quantitative estimate of drug-likeness (QED) is 0.588. The van der Waals surface area contributed by atoms with E-state index in [9.17, 15) is 0 Å². The molecule has 3 saturated heterocycles. The summed E-state index contributed by atoms with van der Waals surface area (Å²) < 4.78 is 6.31. The van der Waals surface area contributed by atoms with Gasteiger partial charge in [-0.1, -0.05) is 29.5 Å². The van der Waals surface area contributed by atoms with Crippen LogP contribution in [0.3, 0.4) is 0 Å². The molecule has 0 spiro atoms. The van der Waals surface area contributed by atoms with Crippen LogP contribution < -0.4 is 4.74 Å². The Labute approximate surface area is 209 Å². The number of piperidine rings is 1. The number of ether oxygens (including phenoxy) is 1. The van der Waals surface area contributed by atoms with E-state index in [2.05, 4.69) is 51.1 Å². The van der Waals surface area contributed by atoms with E-state index >= 15 is 0 Å². The zero-order chi connectivity index (χ0) is 23.6. The normalized spacial score (nSPS) is 27.1. The number of rotatable bonds is 7. The molecule has 6 rings (SSSR count). The first-order chi connectivity index (χ1) is 17.3. The summed E-state index contributed by atoms with van der Waals surface area (Å²) in [4.78, 5) is 19.2. The molecule has 0 radical (unpaired) electrons. The number of hydrogen-bond acceptors (Lipinski definition) is 7. The van der Waals surface area contributed by atoms with Crippen molar-refractivity contribution in [1.29, 1.82) is 0 Å². The molecule has 0 saturated carbocycles. The summed E-state index contributed by atoms with van der Waals surface area (Å²) in [6.07, 6.45) is 12.3. The van der Waals surface area contributed by atoms with Crippen molar-refractivity contribution in [3.63, 3.8) is 0 Å². The third-order valence-corrected chi connectivity index (χ3v) is 8.09. The molecule has 0 unspecified atom stereocenters. The maximum Gasteiger partial charge on any atom is 0.179 e. The van der Waals surface area contributed by atoms with Crippen molar-refractivity contribution < 1.29 is 14.4 Å². The van der Waals surface area contributed by atoms with Gasteiger partial charge in [0.25, 0.3) is 0 Å². The number of piperazine rings is 1. The van der Waals surface area contributed by atoms with E-state index in [-0.39, 0.29) is 0 Å². The Morgan fingerprint density at radius 2 is 1.97 bits per heavy atom. The summed E-state index contributed by atoms with van der Waals surface area (Å²) in [5.74, 6) is 3.61. The maximum atomic E-state index is 6.31. The molecule has 7 nitrogen and oxygen atoms in total. The molecule has 4 aliphatic heterocycles. The smallest absolute Gasteiger partial charge is 0.179 e. The van der Waals surface area contributed by atoms with Crippen LogP contribution in [0.1, 0.15) is 37.7 Å². The summed E-state index contributed by atoms with van der Waals surface area (Å²) in [5.41, 5.74) is 2.60. The van der Waals surface area contributed by atoms with Crippen LogP contribution in [0.15, 0.2) is 59.6 Å². The highest BCUT2D eigenvalue weighted by atomic mass is 17.0. The molecule has 7 heteroatoms. The molecule has 1 aliphatic carbocycles. The first-order valence-corrected chi connectivity index (χ1v) is 13.3. The van der Waals surface area contributed by atoms with Gasteiger partial charge in [-0.2, -0.15) is 0 Å². The van der Waals surface area contributed by atoms with E-state index in [0.29, 0.717) is 12.0 Å². The minimum Gasteiger partial charge on any atom is -0.493 e. The molecule has 5 aliphatic rings. The minimum atomic E-state index is 0.572. The van der Waals surface area contributed by atoms with Crippen molar-refractivity contribution in [2.75, 3.05) is 53.0 Å². The molecule has 1 aromatic carbocycles. The van der Waals surface area contributed by atoms with E-state index in [0.717, 1.165) is 63.1 Å². The lowest BCUT2D eigenvalue weighted by Gasteiger charge is -2.47. The highest BCUT2D eigenvalue weighted by Gasteiger charge is 2.39. The van der Waals surface area contributed by atoms with Crippen molar-refractivity contribution in [2.45, 2.75) is 44.7 Å². The predicted molar refractivity (Wildman–Crippen MR) is 135 cm³/mol. The van der Waals surface area contributed by atoms with Gasteiger partial charge in [0.1, 0.15) is 5.75 Å². The monoisotopic (exact) mass is 478 g/mol. The van der Waals surface area contributed by atoms with E-state index in [4.69, 9.17) is 14.4 Å². The van der Waals surface area contributed by atoms with Crippen molar-refractivity contribution in [3.8, 4) is 5.75 Å². The van der Waals surface area contributed by atoms with Crippen LogP contribution in [0.25, 0.3) is 0 Å². The Bertz CT molecular complexity index is 1000. The second-order valence-corrected chi connectivity index (χ2v) is 10.5. The second kappa shape index (κ2) is 10.2. The van der Waals surface area contributed by atoms with Crippen LogP contribution in [0.5, 0.6) is 5.75 Å². The molecule has 0 aromatic heterocycles. The number of allylic oxidation sites excluding steroid dienone is 4. The zero-order valence-corrected chi connectivity index (χ0v) is 20.9. The largest absolute Gasteiger partial charge is 0.493 e. The summed E-state index contributed by atoms with van der Waals surface area (Å²) in [5, 5.41) is 1.60. The number of hydroxylamine groups is 2. The van der Waals surface area contributed by atoms with Crippen LogP contribution in [0.4, 0.5) is 0 Å². The Morgan fingerprint density at radius 1 is 1.06 bits per heavy atom. The van der Waals surface area contributed by atoms with Gasteiger partial charge in [0.15, 0.2) is 11.6 Å². The van der Waals surface area contributed by atoms with Crippen molar-refractivity contribution in [2.24, 2.45) is 5.92 Å². The fourth-order valence-electron chi connectivity index (χ4n) is 6.24. The minimum absolute atomic E-state index is 0.572.